The molecule has 3 aromatic rings. The lowest BCUT2D eigenvalue weighted by molar-refractivity contribution is -0.112. The molecule has 0 atom stereocenters. The van der Waals surface area contributed by atoms with E-state index < -0.39 is 5.91 Å². The van der Waals surface area contributed by atoms with Gasteiger partial charge in [-0.1, -0.05) is 0 Å². The first-order valence-electron chi connectivity index (χ1n) is 9.49. The predicted molar refractivity (Wildman–Crippen MR) is 120 cm³/mol. The molecular weight excluding hydrogens is 376 g/mol. The highest BCUT2D eigenvalue weighted by molar-refractivity contribution is 6.09. The number of carbonyl (C=O) groups excluding carboxylic acids is 1. The summed E-state index contributed by atoms with van der Waals surface area (Å²) >= 11 is 0. The maximum absolute atomic E-state index is 12.5. The fourth-order valence-corrected chi connectivity index (χ4v) is 3.28. The number of nitriles is 1. The fourth-order valence-electron chi connectivity index (χ4n) is 3.28. The van der Waals surface area contributed by atoms with Crippen LogP contribution in [0, 0.1) is 25.2 Å². The highest BCUT2D eigenvalue weighted by atomic mass is 16.3. The van der Waals surface area contributed by atoms with Gasteiger partial charge in [0.2, 0.25) is 0 Å². The Bertz CT molecular complexity index is 1130. The number of nitrogens with zero attached hydrogens (tertiary/aromatic N) is 3. The lowest BCUT2D eigenvalue weighted by Crippen LogP contribution is -2.13. The summed E-state index contributed by atoms with van der Waals surface area (Å²) in [6.07, 6.45) is 1.60. The minimum atomic E-state index is -0.497. The van der Waals surface area contributed by atoms with E-state index >= 15 is 0 Å². The average molecular weight is 400 g/mol. The van der Waals surface area contributed by atoms with Gasteiger partial charge in [0.05, 0.1) is 0 Å². The van der Waals surface area contributed by atoms with Crippen molar-refractivity contribution < 1.29 is 9.90 Å². The molecule has 1 amide bonds. The lowest BCUT2D eigenvalue weighted by atomic mass is 10.1. The molecule has 6 nitrogen and oxygen atoms in total. The van der Waals surface area contributed by atoms with Gasteiger partial charge in [-0.3, -0.25) is 4.79 Å². The van der Waals surface area contributed by atoms with E-state index in [-0.39, 0.29) is 11.3 Å². The minimum absolute atomic E-state index is 0.00582. The third kappa shape index (κ3) is 4.36. The van der Waals surface area contributed by atoms with Crippen molar-refractivity contribution in [3.8, 4) is 17.5 Å². The maximum atomic E-state index is 12.5. The Kier molecular flexibility index (Phi) is 5.93. The van der Waals surface area contributed by atoms with E-state index in [1.54, 1.807) is 18.2 Å². The minimum Gasteiger partial charge on any atom is -0.508 e. The van der Waals surface area contributed by atoms with Crippen LogP contribution in [0.4, 0.5) is 11.4 Å². The molecule has 6 heteroatoms. The van der Waals surface area contributed by atoms with Gasteiger partial charge in [0, 0.05) is 42.5 Å². The van der Waals surface area contributed by atoms with Gasteiger partial charge in [-0.15, -0.1) is 0 Å². The Morgan fingerprint density at radius 3 is 2.30 bits per heavy atom. The van der Waals surface area contributed by atoms with Gasteiger partial charge >= 0.3 is 0 Å². The van der Waals surface area contributed by atoms with Crippen LogP contribution < -0.4 is 10.2 Å². The number of hydrogen-bond acceptors (Lipinski definition) is 4. The molecule has 152 valence electrons. The smallest absolute Gasteiger partial charge is 0.266 e. The molecule has 0 radical (unpaired) electrons. The fraction of sp³-hybridized carbons (Fsp3) is 0.167. The van der Waals surface area contributed by atoms with Gasteiger partial charge in [-0.05, 0) is 80.1 Å². The number of amides is 1. The largest absolute Gasteiger partial charge is 0.508 e. The van der Waals surface area contributed by atoms with Crippen LogP contribution in [0.2, 0.25) is 0 Å². The molecule has 2 aromatic carbocycles. The van der Waals surface area contributed by atoms with E-state index in [1.807, 2.05) is 57.1 Å². The van der Waals surface area contributed by atoms with E-state index in [2.05, 4.69) is 22.0 Å². The SMILES string of the molecule is Cc1cc(/C=C(/C#N)C(=O)Nc2ccc(O)cc2)c(C)n1-c1ccc(N(C)C)cc1. The molecule has 0 bridgehead atoms. The number of aromatic hydroxyl groups is 1. The zero-order chi connectivity index (χ0) is 21.8. The summed E-state index contributed by atoms with van der Waals surface area (Å²) in [4.78, 5) is 14.6. The van der Waals surface area contributed by atoms with Crippen molar-refractivity contribution in [3.63, 3.8) is 0 Å². The number of rotatable bonds is 5. The number of phenolic OH excluding ortho intramolecular Hbond substituents is 1. The Labute approximate surface area is 176 Å². The first-order chi connectivity index (χ1) is 14.3. The summed E-state index contributed by atoms with van der Waals surface area (Å²) in [5.74, 6) is -0.390. The summed E-state index contributed by atoms with van der Waals surface area (Å²) in [6.45, 7) is 3.96. The molecule has 0 spiro atoms. The van der Waals surface area contributed by atoms with Crippen molar-refractivity contribution in [1.29, 1.82) is 5.26 Å². The molecular formula is C24H24N4O2. The second kappa shape index (κ2) is 8.58. The van der Waals surface area contributed by atoms with Crippen molar-refractivity contribution in [1.82, 2.24) is 4.57 Å². The summed E-state index contributed by atoms with van der Waals surface area (Å²) < 4.78 is 2.10. The number of phenols is 1. The maximum Gasteiger partial charge on any atom is 0.266 e. The van der Waals surface area contributed by atoms with Gasteiger partial charge in [0.25, 0.3) is 5.91 Å². The molecule has 1 heterocycles. The van der Waals surface area contributed by atoms with Crippen LogP contribution in [0.1, 0.15) is 17.0 Å². The Morgan fingerprint density at radius 1 is 1.10 bits per heavy atom. The molecule has 0 saturated carbocycles. The molecule has 0 aliphatic carbocycles. The monoisotopic (exact) mass is 400 g/mol. The van der Waals surface area contributed by atoms with Gasteiger partial charge in [-0.25, -0.2) is 0 Å². The van der Waals surface area contributed by atoms with E-state index in [0.29, 0.717) is 5.69 Å². The van der Waals surface area contributed by atoms with E-state index in [1.165, 1.54) is 12.1 Å². The third-order valence-electron chi connectivity index (χ3n) is 4.88. The number of aryl methyl sites for hydroxylation is 1. The molecule has 0 fully saturated rings. The number of benzene rings is 2. The second-order valence-corrected chi connectivity index (χ2v) is 7.24. The van der Waals surface area contributed by atoms with Crippen LogP contribution in [0.15, 0.2) is 60.2 Å². The Hall–Kier alpha value is -3.98. The first-order valence-corrected chi connectivity index (χ1v) is 9.49. The average Bonchev–Trinajstić information content (AvgIpc) is 3.00. The highest BCUT2D eigenvalue weighted by Crippen LogP contribution is 2.25. The van der Waals surface area contributed by atoms with Crippen LogP contribution in [-0.4, -0.2) is 29.7 Å². The summed E-state index contributed by atoms with van der Waals surface area (Å²) in [5, 5.41) is 21.5. The second-order valence-electron chi connectivity index (χ2n) is 7.24. The first kappa shape index (κ1) is 20.7. The van der Waals surface area contributed by atoms with Crippen LogP contribution in [0.3, 0.4) is 0 Å². The molecule has 0 aliphatic rings. The molecule has 0 saturated heterocycles. The van der Waals surface area contributed by atoms with Crippen LogP contribution in [0.25, 0.3) is 11.8 Å². The van der Waals surface area contributed by atoms with E-state index in [4.69, 9.17) is 0 Å². The molecule has 1 aromatic heterocycles. The predicted octanol–water partition coefficient (Wildman–Crippen LogP) is 4.41. The number of aromatic nitrogens is 1. The Balaban J connectivity index is 1.90. The molecule has 2 N–H and O–H groups in total. The van der Waals surface area contributed by atoms with Crippen molar-refractivity contribution in [2.24, 2.45) is 0 Å². The number of nitrogens with one attached hydrogen (secondary N) is 1. The topological polar surface area (TPSA) is 81.3 Å². The van der Waals surface area contributed by atoms with Crippen molar-refractivity contribution in [2.75, 3.05) is 24.3 Å². The zero-order valence-electron chi connectivity index (χ0n) is 17.5. The normalized spacial score (nSPS) is 11.1. The highest BCUT2D eigenvalue weighted by Gasteiger charge is 2.14. The van der Waals surface area contributed by atoms with Crippen LogP contribution in [-0.2, 0) is 4.79 Å². The van der Waals surface area contributed by atoms with Gasteiger partial charge in [-0.2, -0.15) is 5.26 Å². The number of anilines is 2. The quantitative estimate of drug-likeness (QED) is 0.378. The molecule has 3 rings (SSSR count). The van der Waals surface area contributed by atoms with Crippen molar-refractivity contribution >= 4 is 23.4 Å². The van der Waals surface area contributed by atoms with Crippen molar-refractivity contribution in [2.45, 2.75) is 13.8 Å². The van der Waals surface area contributed by atoms with Gasteiger partial charge < -0.3 is 19.9 Å². The summed E-state index contributed by atoms with van der Waals surface area (Å²) in [6, 6.07) is 18.2. The van der Waals surface area contributed by atoms with Crippen LogP contribution >= 0.6 is 0 Å². The summed E-state index contributed by atoms with van der Waals surface area (Å²) in [5.41, 5.74) is 5.39. The number of hydrogen-bond donors (Lipinski definition) is 2. The van der Waals surface area contributed by atoms with E-state index in [9.17, 15) is 15.2 Å². The Morgan fingerprint density at radius 2 is 1.73 bits per heavy atom. The lowest BCUT2D eigenvalue weighted by Gasteiger charge is -2.14. The van der Waals surface area contributed by atoms with Gasteiger partial charge in [0.15, 0.2) is 0 Å². The van der Waals surface area contributed by atoms with Crippen molar-refractivity contribution in [3.05, 3.63) is 77.1 Å². The standard InChI is InChI=1S/C24H24N4O2/c1-16-13-18(17(2)28(16)22-9-7-21(8-10-22)27(3)4)14-19(15-25)24(30)26-20-5-11-23(29)12-6-20/h5-14,29H,1-4H3,(H,26,30)/b19-14-. The molecule has 0 unspecified atom stereocenters. The zero-order valence-corrected chi connectivity index (χ0v) is 17.5. The third-order valence-corrected chi connectivity index (χ3v) is 4.88. The molecule has 30 heavy (non-hydrogen) atoms. The van der Waals surface area contributed by atoms with Gasteiger partial charge in [0.1, 0.15) is 17.4 Å². The molecule has 0 aliphatic heterocycles. The number of carbonyl (C=O) groups is 1. The summed E-state index contributed by atoms with van der Waals surface area (Å²) in [7, 11) is 3.99. The van der Waals surface area contributed by atoms with E-state index in [0.717, 1.165) is 28.3 Å². The van der Waals surface area contributed by atoms with Crippen LogP contribution in [0.5, 0.6) is 5.75 Å².